The number of nitro benzene ring substituents is 1. The molecule has 1 aromatic carbocycles. The van der Waals surface area contributed by atoms with Gasteiger partial charge in [0.2, 0.25) is 0 Å². The monoisotopic (exact) mass is 392 g/mol. The van der Waals surface area contributed by atoms with E-state index < -0.39 is 10.5 Å². The quantitative estimate of drug-likeness (QED) is 0.471. The first kappa shape index (κ1) is 19.5. The summed E-state index contributed by atoms with van der Waals surface area (Å²) in [6.07, 6.45) is 2.72. The average molecular weight is 392 g/mol. The maximum atomic E-state index is 12.5. The van der Waals surface area contributed by atoms with Crippen LogP contribution in [0.3, 0.4) is 0 Å². The van der Waals surface area contributed by atoms with Crippen molar-refractivity contribution >= 4 is 34.6 Å². The molecule has 0 aliphatic carbocycles. The molecule has 0 unspecified atom stereocenters. The molecule has 0 bridgehead atoms. The summed E-state index contributed by atoms with van der Waals surface area (Å²) in [6.45, 7) is 6.30. The molecule has 2 heterocycles. The molecule has 3 rings (SSSR count). The van der Waals surface area contributed by atoms with Crippen LogP contribution in [0.25, 0.3) is 11.0 Å². The Hall–Kier alpha value is -2.29. The predicted octanol–water partition coefficient (Wildman–Crippen LogP) is 4.35. The van der Waals surface area contributed by atoms with Crippen molar-refractivity contribution in [3.63, 3.8) is 0 Å². The molecule has 9 heteroatoms. The number of hydrogen-bond acceptors (Lipinski definition) is 6. The molecule has 1 saturated heterocycles. The number of aromatic amines is 1. The lowest BCUT2D eigenvalue weighted by molar-refractivity contribution is -0.384. The summed E-state index contributed by atoms with van der Waals surface area (Å²) < 4.78 is 5.53. The Labute approximate surface area is 161 Å². The van der Waals surface area contributed by atoms with E-state index >= 15 is 0 Å². The number of aromatic nitrogens is 2. The van der Waals surface area contributed by atoms with E-state index in [4.69, 9.17) is 4.74 Å². The number of fused-ring (bicyclic) bond motifs is 1. The van der Waals surface area contributed by atoms with Crippen LogP contribution in [0, 0.1) is 10.1 Å². The highest BCUT2D eigenvalue weighted by atomic mass is 32.2. The summed E-state index contributed by atoms with van der Waals surface area (Å²) in [4.78, 5) is 32.4. The van der Waals surface area contributed by atoms with E-state index in [0.717, 1.165) is 19.3 Å². The first-order chi connectivity index (χ1) is 12.7. The number of non-ortho nitro benzene ring substituents is 1. The van der Waals surface area contributed by atoms with Gasteiger partial charge in [-0.3, -0.25) is 10.1 Å². The molecule has 1 amide bonds. The molecule has 1 aliphatic heterocycles. The van der Waals surface area contributed by atoms with Gasteiger partial charge in [0.15, 0.2) is 5.16 Å². The number of nitro groups is 1. The van der Waals surface area contributed by atoms with Crippen molar-refractivity contribution in [3.05, 3.63) is 28.3 Å². The number of amides is 1. The molecule has 0 spiro atoms. The number of piperidine rings is 1. The Morgan fingerprint density at radius 3 is 2.93 bits per heavy atom. The molecule has 27 heavy (non-hydrogen) atoms. The molecule has 0 saturated carbocycles. The van der Waals surface area contributed by atoms with E-state index in [1.54, 1.807) is 6.07 Å². The van der Waals surface area contributed by atoms with Crippen molar-refractivity contribution in [2.75, 3.05) is 12.3 Å². The summed E-state index contributed by atoms with van der Waals surface area (Å²) >= 11 is 1.52. The number of benzene rings is 1. The third-order valence-corrected chi connectivity index (χ3v) is 5.34. The zero-order valence-corrected chi connectivity index (χ0v) is 16.5. The van der Waals surface area contributed by atoms with Gasteiger partial charge in [0, 0.05) is 30.5 Å². The number of hydrogen-bond donors (Lipinski definition) is 1. The second-order valence-electron chi connectivity index (χ2n) is 7.63. The zero-order chi connectivity index (χ0) is 19.6. The molecule has 1 aliphatic rings. The number of likely N-dealkylation sites (tertiary alicyclic amines) is 1. The van der Waals surface area contributed by atoms with Gasteiger partial charge < -0.3 is 14.6 Å². The smallest absolute Gasteiger partial charge is 0.410 e. The van der Waals surface area contributed by atoms with Crippen LogP contribution in [0.5, 0.6) is 0 Å². The predicted molar refractivity (Wildman–Crippen MR) is 104 cm³/mol. The maximum Gasteiger partial charge on any atom is 0.410 e. The summed E-state index contributed by atoms with van der Waals surface area (Å²) in [7, 11) is 0. The molecule has 1 aromatic heterocycles. The van der Waals surface area contributed by atoms with Crippen LogP contribution >= 0.6 is 11.8 Å². The summed E-state index contributed by atoms with van der Waals surface area (Å²) in [5.41, 5.74) is 0.848. The molecule has 2 aromatic rings. The fraction of sp³-hybridized carbons (Fsp3) is 0.556. The minimum atomic E-state index is -0.514. The van der Waals surface area contributed by atoms with Crippen molar-refractivity contribution in [2.45, 2.75) is 56.8 Å². The number of nitrogens with zero attached hydrogens (tertiary/aromatic N) is 3. The van der Waals surface area contributed by atoms with Crippen LogP contribution in [0.4, 0.5) is 10.5 Å². The van der Waals surface area contributed by atoms with E-state index in [2.05, 4.69) is 9.97 Å². The van der Waals surface area contributed by atoms with Crippen molar-refractivity contribution < 1.29 is 14.5 Å². The number of carbonyl (C=O) groups is 1. The molecule has 1 fully saturated rings. The van der Waals surface area contributed by atoms with Gasteiger partial charge >= 0.3 is 6.09 Å². The van der Waals surface area contributed by atoms with E-state index in [1.165, 1.54) is 23.9 Å². The van der Waals surface area contributed by atoms with Gasteiger partial charge in [0.1, 0.15) is 5.60 Å². The van der Waals surface area contributed by atoms with Gasteiger partial charge in [-0.15, -0.1) is 0 Å². The normalized spacial score (nSPS) is 17.9. The van der Waals surface area contributed by atoms with Crippen LogP contribution in [-0.4, -0.2) is 49.8 Å². The Balaban J connectivity index is 1.67. The van der Waals surface area contributed by atoms with Crippen molar-refractivity contribution in [2.24, 2.45) is 0 Å². The van der Waals surface area contributed by atoms with Crippen LogP contribution in [-0.2, 0) is 4.74 Å². The minimum Gasteiger partial charge on any atom is -0.444 e. The fourth-order valence-electron chi connectivity index (χ4n) is 3.07. The second-order valence-corrected chi connectivity index (χ2v) is 8.64. The molecule has 0 radical (unpaired) electrons. The highest BCUT2D eigenvalue weighted by Gasteiger charge is 2.30. The minimum absolute atomic E-state index is 0.0334. The topological polar surface area (TPSA) is 101 Å². The zero-order valence-electron chi connectivity index (χ0n) is 15.7. The lowest BCUT2D eigenvalue weighted by Gasteiger charge is -2.36. The maximum absolute atomic E-state index is 12.5. The lowest BCUT2D eigenvalue weighted by Crippen LogP contribution is -2.47. The summed E-state index contributed by atoms with van der Waals surface area (Å²) in [5, 5.41) is 11.6. The number of thioether (sulfide) groups is 1. The van der Waals surface area contributed by atoms with Gasteiger partial charge in [-0.2, -0.15) is 0 Å². The highest BCUT2D eigenvalue weighted by molar-refractivity contribution is 7.99. The summed E-state index contributed by atoms with van der Waals surface area (Å²) in [6, 6.07) is 4.66. The highest BCUT2D eigenvalue weighted by Crippen LogP contribution is 2.28. The summed E-state index contributed by atoms with van der Waals surface area (Å²) in [5.74, 6) is 0.696. The van der Waals surface area contributed by atoms with E-state index in [-0.39, 0.29) is 17.8 Å². The number of ether oxygens (including phenoxy) is 1. The molecule has 146 valence electrons. The van der Waals surface area contributed by atoms with E-state index in [0.29, 0.717) is 28.5 Å². The molecular weight excluding hydrogens is 368 g/mol. The molecule has 1 N–H and O–H groups in total. The van der Waals surface area contributed by atoms with Gasteiger partial charge in [-0.05, 0) is 46.1 Å². The van der Waals surface area contributed by atoms with Gasteiger partial charge in [0.25, 0.3) is 5.69 Å². The fourth-order valence-corrected chi connectivity index (χ4v) is 4.11. The van der Waals surface area contributed by atoms with Crippen LogP contribution in [0.1, 0.15) is 40.0 Å². The van der Waals surface area contributed by atoms with Gasteiger partial charge in [-0.1, -0.05) is 11.8 Å². The van der Waals surface area contributed by atoms with Crippen molar-refractivity contribution in [1.29, 1.82) is 0 Å². The lowest BCUT2D eigenvalue weighted by atomic mass is 10.0. The molecule has 1 atom stereocenters. The Bertz CT molecular complexity index is 845. The number of nitrogens with one attached hydrogen (secondary N) is 1. The van der Waals surface area contributed by atoms with E-state index in [1.807, 2.05) is 25.7 Å². The number of rotatable bonds is 4. The van der Waals surface area contributed by atoms with Crippen molar-refractivity contribution in [1.82, 2.24) is 14.9 Å². The first-order valence-corrected chi connectivity index (χ1v) is 9.98. The average Bonchev–Trinajstić information content (AvgIpc) is 3.00. The Morgan fingerprint density at radius 2 is 2.22 bits per heavy atom. The van der Waals surface area contributed by atoms with Crippen LogP contribution in [0.15, 0.2) is 23.4 Å². The second kappa shape index (κ2) is 7.75. The SMILES string of the molecule is CC(C)(C)OC(=O)N1CCCC[C@@H]1CSc1nc2ccc([N+](=O)[O-])cc2[nH]1. The number of carbonyl (C=O) groups excluding carboxylic acids is 1. The number of H-pyrrole nitrogens is 1. The Morgan fingerprint density at radius 1 is 1.44 bits per heavy atom. The van der Waals surface area contributed by atoms with Crippen molar-refractivity contribution in [3.8, 4) is 0 Å². The van der Waals surface area contributed by atoms with Gasteiger partial charge in [0.05, 0.1) is 16.0 Å². The number of imidazole rings is 1. The third-order valence-electron chi connectivity index (χ3n) is 4.32. The Kier molecular flexibility index (Phi) is 5.59. The first-order valence-electron chi connectivity index (χ1n) is 8.99. The molecule has 8 nitrogen and oxygen atoms in total. The van der Waals surface area contributed by atoms with E-state index in [9.17, 15) is 14.9 Å². The molecular formula is C18H24N4O4S. The van der Waals surface area contributed by atoms with Crippen LogP contribution in [0.2, 0.25) is 0 Å². The standard InChI is InChI=1S/C18H24N4O4S/c1-18(2,3)26-17(23)21-9-5-4-6-13(21)11-27-16-19-14-8-7-12(22(24)25)10-15(14)20-16/h7-8,10,13H,4-6,9,11H2,1-3H3,(H,19,20)/t13-/m1/s1. The largest absolute Gasteiger partial charge is 0.444 e. The third kappa shape index (κ3) is 4.91. The van der Waals surface area contributed by atoms with Gasteiger partial charge in [-0.25, -0.2) is 9.78 Å². The van der Waals surface area contributed by atoms with Crippen LogP contribution < -0.4 is 0 Å².